The third kappa shape index (κ3) is 1.48. The minimum atomic E-state index is -0.926. The lowest BCUT2D eigenvalue weighted by atomic mass is 10.2. The van der Waals surface area contributed by atoms with Crippen LogP contribution in [0.2, 0.25) is 0 Å². The van der Waals surface area contributed by atoms with Crippen molar-refractivity contribution in [3.8, 4) is 11.4 Å². The van der Waals surface area contributed by atoms with Gasteiger partial charge in [0.15, 0.2) is 11.6 Å². The summed E-state index contributed by atoms with van der Waals surface area (Å²) in [5.41, 5.74) is 0.390. The molecule has 0 radical (unpaired) electrons. The number of rotatable bonds is 1. The van der Waals surface area contributed by atoms with E-state index in [1.165, 1.54) is 6.07 Å². The van der Waals surface area contributed by atoms with E-state index in [1.54, 1.807) is 6.92 Å². The Kier molecular flexibility index (Phi) is 1.99. The second kappa shape index (κ2) is 3.17. The first kappa shape index (κ1) is 8.80. The van der Waals surface area contributed by atoms with Crippen molar-refractivity contribution in [1.29, 1.82) is 0 Å². The SMILES string of the molecule is Cc1nc(-c2ccc(F)c(F)c2)no1. The van der Waals surface area contributed by atoms with E-state index in [2.05, 4.69) is 10.1 Å². The van der Waals surface area contributed by atoms with Crippen LogP contribution in [-0.2, 0) is 0 Å². The number of aromatic nitrogens is 2. The Balaban J connectivity index is 2.47. The van der Waals surface area contributed by atoms with Crippen LogP contribution >= 0.6 is 0 Å². The van der Waals surface area contributed by atoms with Crippen LogP contribution in [0.3, 0.4) is 0 Å². The topological polar surface area (TPSA) is 38.9 Å². The van der Waals surface area contributed by atoms with Crippen molar-refractivity contribution < 1.29 is 13.3 Å². The number of hydrogen-bond acceptors (Lipinski definition) is 3. The van der Waals surface area contributed by atoms with E-state index in [4.69, 9.17) is 4.52 Å². The fourth-order valence-corrected chi connectivity index (χ4v) is 1.05. The average molecular weight is 196 g/mol. The van der Waals surface area contributed by atoms with Gasteiger partial charge in [0.2, 0.25) is 11.7 Å². The molecule has 0 bridgehead atoms. The fourth-order valence-electron chi connectivity index (χ4n) is 1.05. The Morgan fingerprint density at radius 3 is 2.57 bits per heavy atom. The fraction of sp³-hybridized carbons (Fsp3) is 0.111. The molecule has 0 amide bonds. The van der Waals surface area contributed by atoms with Gasteiger partial charge in [0.25, 0.3) is 0 Å². The molecule has 3 nitrogen and oxygen atoms in total. The van der Waals surface area contributed by atoms with Crippen molar-refractivity contribution in [2.24, 2.45) is 0 Å². The van der Waals surface area contributed by atoms with Crippen molar-refractivity contribution in [2.75, 3.05) is 0 Å². The first-order valence-corrected chi connectivity index (χ1v) is 3.92. The first-order valence-electron chi connectivity index (χ1n) is 3.92. The van der Waals surface area contributed by atoms with Crippen LogP contribution in [0.4, 0.5) is 8.78 Å². The van der Waals surface area contributed by atoms with Gasteiger partial charge in [0.05, 0.1) is 0 Å². The molecule has 5 heteroatoms. The molecule has 0 spiro atoms. The number of hydrogen-bond donors (Lipinski definition) is 0. The smallest absolute Gasteiger partial charge is 0.223 e. The minimum Gasteiger partial charge on any atom is -0.339 e. The Morgan fingerprint density at radius 1 is 1.21 bits per heavy atom. The summed E-state index contributed by atoms with van der Waals surface area (Å²) in [6.45, 7) is 1.62. The molecule has 0 saturated heterocycles. The molecule has 2 rings (SSSR count). The maximum atomic E-state index is 12.8. The van der Waals surface area contributed by atoms with Crippen molar-refractivity contribution >= 4 is 0 Å². The monoisotopic (exact) mass is 196 g/mol. The molecule has 0 aliphatic carbocycles. The van der Waals surface area contributed by atoms with Crippen LogP contribution in [0, 0.1) is 18.6 Å². The van der Waals surface area contributed by atoms with Gasteiger partial charge in [-0.2, -0.15) is 4.98 Å². The summed E-state index contributed by atoms with van der Waals surface area (Å²) >= 11 is 0. The second-order valence-corrected chi connectivity index (χ2v) is 2.77. The summed E-state index contributed by atoms with van der Waals surface area (Å²) < 4.78 is 30.1. The molecule has 0 N–H and O–H groups in total. The number of nitrogens with zero attached hydrogens (tertiary/aromatic N) is 2. The summed E-state index contributed by atoms with van der Waals surface area (Å²) in [5.74, 6) is -1.19. The van der Waals surface area contributed by atoms with Gasteiger partial charge in [-0.1, -0.05) is 5.16 Å². The Morgan fingerprint density at radius 2 is 2.00 bits per heavy atom. The maximum Gasteiger partial charge on any atom is 0.223 e. The lowest BCUT2D eigenvalue weighted by Gasteiger charge is -1.95. The molecule has 0 atom stereocenters. The van der Waals surface area contributed by atoms with E-state index >= 15 is 0 Å². The second-order valence-electron chi connectivity index (χ2n) is 2.77. The summed E-state index contributed by atoms with van der Waals surface area (Å²) in [5, 5.41) is 3.58. The van der Waals surface area contributed by atoms with Crippen molar-refractivity contribution in [2.45, 2.75) is 6.92 Å². The van der Waals surface area contributed by atoms with Gasteiger partial charge >= 0.3 is 0 Å². The highest BCUT2D eigenvalue weighted by Crippen LogP contribution is 2.18. The summed E-state index contributed by atoms with van der Waals surface area (Å²) in [4.78, 5) is 3.88. The largest absolute Gasteiger partial charge is 0.339 e. The predicted octanol–water partition coefficient (Wildman–Crippen LogP) is 2.32. The summed E-state index contributed by atoms with van der Waals surface area (Å²) in [6.07, 6.45) is 0. The lowest BCUT2D eigenvalue weighted by molar-refractivity contribution is 0.394. The quantitative estimate of drug-likeness (QED) is 0.702. The van der Waals surface area contributed by atoms with Crippen LogP contribution in [-0.4, -0.2) is 10.1 Å². The highest BCUT2D eigenvalue weighted by molar-refractivity contribution is 5.53. The Hall–Kier alpha value is -1.78. The van der Waals surface area contributed by atoms with Gasteiger partial charge in [0.1, 0.15) is 0 Å². The molecule has 0 unspecified atom stereocenters. The summed E-state index contributed by atoms with van der Waals surface area (Å²) in [7, 11) is 0. The maximum absolute atomic E-state index is 12.8. The van der Waals surface area contributed by atoms with Crippen LogP contribution in [0.25, 0.3) is 11.4 Å². The predicted molar refractivity (Wildman–Crippen MR) is 44.4 cm³/mol. The zero-order chi connectivity index (χ0) is 10.1. The van der Waals surface area contributed by atoms with E-state index in [0.29, 0.717) is 11.5 Å². The van der Waals surface area contributed by atoms with Gasteiger partial charge in [-0.25, -0.2) is 8.78 Å². The molecule has 0 aliphatic heterocycles. The molecule has 0 fully saturated rings. The lowest BCUT2D eigenvalue weighted by Crippen LogP contribution is -1.86. The third-order valence-electron chi connectivity index (χ3n) is 1.71. The molecule has 1 aromatic carbocycles. The van der Waals surface area contributed by atoms with Gasteiger partial charge in [-0.05, 0) is 18.2 Å². The van der Waals surface area contributed by atoms with E-state index in [1.807, 2.05) is 0 Å². The minimum absolute atomic E-state index is 0.251. The van der Waals surface area contributed by atoms with E-state index in [0.717, 1.165) is 12.1 Å². The van der Waals surface area contributed by atoms with Crippen LogP contribution < -0.4 is 0 Å². The molecule has 14 heavy (non-hydrogen) atoms. The van der Waals surface area contributed by atoms with Gasteiger partial charge in [0, 0.05) is 12.5 Å². The molecule has 0 aliphatic rings. The standard InChI is InChI=1S/C9H6F2N2O/c1-5-12-9(13-14-5)6-2-3-7(10)8(11)4-6/h2-4H,1H3. The Bertz CT molecular complexity index is 468. The number of benzene rings is 1. The highest BCUT2D eigenvalue weighted by atomic mass is 19.2. The van der Waals surface area contributed by atoms with Crippen molar-refractivity contribution in [3.63, 3.8) is 0 Å². The highest BCUT2D eigenvalue weighted by Gasteiger charge is 2.08. The van der Waals surface area contributed by atoms with Gasteiger partial charge in [-0.15, -0.1) is 0 Å². The van der Waals surface area contributed by atoms with Crippen LogP contribution in [0.1, 0.15) is 5.89 Å². The third-order valence-corrected chi connectivity index (χ3v) is 1.71. The van der Waals surface area contributed by atoms with Gasteiger partial charge < -0.3 is 4.52 Å². The zero-order valence-electron chi connectivity index (χ0n) is 7.29. The number of halogens is 2. The molecular weight excluding hydrogens is 190 g/mol. The van der Waals surface area contributed by atoms with Gasteiger partial charge in [-0.3, -0.25) is 0 Å². The molecule has 1 heterocycles. The van der Waals surface area contributed by atoms with Crippen molar-refractivity contribution in [1.82, 2.24) is 10.1 Å². The first-order chi connectivity index (χ1) is 6.66. The molecule has 72 valence electrons. The van der Waals surface area contributed by atoms with Crippen LogP contribution in [0.15, 0.2) is 22.7 Å². The zero-order valence-corrected chi connectivity index (χ0v) is 7.29. The van der Waals surface area contributed by atoms with Crippen molar-refractivity contribution in [3.05, 3.63) is 35.7 Å². The Labute approximate surface area is 78.4 Å². The molecule has 1 aromatic heterocycles. The van der Waals surface area contributed by atoms with E-state index < -0.39 is 11.6 Å². The molecular formula is C9H6F2N2O. The molecule has 0 saturated carbocycles. The number of aryl methyl sites for hydroxylation is 1. The normalized spacial score (nSPS) is 10.5. The van der Waals surface area contributed by atoms with E-state index in [9.17, 15) is 8.78 Å². The average Bonchev–Trinajstić information content (AvgIpc) is 2.57. The summed E-state index contributed by atoms with van der Waals surface area (Å²) in [6, 6.07) is 3.44. The molecule has 2 aromatic rings. The van der Waals surface area contributed by atoms with Crippen LogP contribution in [0.5, 0.6) is 0 Å². The van der Waals surface area contributed by atoms with E-state index in [-0.39, 0.29) is 5.82 Å².